The van der Waals surface area contributed by atoms with Crippen LogP contribution >= 0.6 is 0 Å². The normalized spacial score (nSPS) is 14.8. The second-order valence-electron chi connectivity index (χ2n) is 5.11. The highest BCUT2D eigenvalue weighted by Gasteiger charge is 2.19. The van der Waals surface area contributed by atoms with Crippen molar-refractivity contribution in [1.29, 1.82) is 0 Å². The standard InChI is InChI=1S/C15H25FN2/c1-4-6-12(2)15(10-17)18(3)11-13-7-5-8-14(16)9-13/h5,7-9,12,15H,4,6,10-11,17H2,1-3H3. The van der Waals surface area contributed by atoms with E-state index in [0.29, 0.717) is 18.5 Å². The lowest BCUT2D eigenvalue weighted by atomic mass is 9.95. The van der Waals surface area contributed by atoms with E-state index in [1.54, 1.807) is 12.1 Å². The highest BCUT2D eigenvalue weighted by atomic mass is 19.1. The number of nitrogens with two attached hydrogens (primary N) is 1. The number of rotatable bonds is 7. The minimum atomic E-state index is -0.174. The van der Waals surface area contributed by atoms with Crippen LogP contribution in [0.4, 0.5) is 4.39 Å². The highest BCUT2D eigenvalue weighted by molar-refractivity contribution is 5.16. The van der Waals surface area contributed by atoms with Gasteiger partial charge in [-0.3, -0.25) is 4.90 Å². The summed E-state index contributed by atoms with van der Waals surface area (Å²) in [5, 5.41) is 0. The van der Waals surface area contributed by atoms with Gasteiger partial charge in [0.15, 0.2) is 0 Å². The van der Waals surface area contributed by atoms with Crippen LogP contribution in [0.15, 0.2) is 24.3 Å². The van der Waals surface area contributed by atoms with Gasteiger partial charge in [-0.2, -0.15) is 0 Å². The van der Waals surface area contributed by atoms with Gasteiger partial charge in [0.2, 0.25) is 0 Å². The largest absolute Gasteiger partial charge is 0.329 e. The lowest BCUT2D eigenvalue weighted by molar-refractivity contribution is 0.174. The predicted molar refractivity (Wildman–Crippen MR) is 74.8 cm³/mol. The van der Waals surface area contributed by atoms with Gasteiger partial charge in [-0.15, -0.1) is 0 Å². The van der Waals surface area contributed by atoms with E-state index >= 15 is 0 Å². The molecule has 102 valence electrons. The molecule has 0 fully saturated rings. The lowest BCUT2D eigenvalue weighted by Crippen LogP contribution is -2.42. The molecule has 0 saturated heterocycles. The first-order chi connectivity index (χ1) is 8.58. The average Bonchev–Trinajstić information content (AvgIpc) is 2.30. The van der Waals surface area contributed by atoms with Gasteiger partial charge < -0.3 is 5.73 Å². The van der Waals surface area contributed by atoms with Gasteiger partial charge in [0.05, 0.1) is 0 Å². The van der Waals surface area contributed by atoms with E-state index in [1.807, 2.05) is 6.07 Å². The van der Waals surface area contributed by atoms with Crippen LogP contribution in [0.2, 0.25) is 0 Å². The van der Waals surface area contributed by atoms with Gasteiger partial charge in [-0.05, 0) is 37.1 Å². The van der Waals surface area contributed by atoms with Crippen molar-refractivity contribution in [2.24, 2.45) is 11.7 Å². The molecule has 0 amide bonds. The topological polar surface area (TPSA) is 29.3 Å². The van der Waals surface area contributed by atoms with E-state index < -0.39 is 0 Å². The molecule has 2 nitrogen and oxygen atoms in total. The van der Waals surface area contributed by atoms with Crippen LogP contribution in [0.3, 0.4) is 0 Å². The van der Waals surface area contributed by atoms with E-state index in [9.17, 15) is 4.39 Å². The second-order valence-corrected chi connectivity index (χ2v) is 5.11. The molecule has 0 spiro atoms. The average molecular weight is 252 g/mol. The zero-order valence-electron chi connectivity index (χ0n) is 11.7. The molecule has 0 aromatic heterocycles. The SMILES string of the molecule is CCCC(C)C(CN)N(C)Cc1cccc(F)c1. The summed E-state index contributed by atoms with van der Waals surface area (Å²) in [5.41, 5.74) is 6.87. The fraction of sp³-hybridized carbons (Fsp3) is 0.600. The van der Waals surface area contributed by atoms with Crippen molar-refractivity contribution >= 4 is 0 Å². The van der Waals surface area contributed by atoms with Gasteiger partial charge in [0.1, 0.15) is 5.82 Å². The van der Waals surface area contributed by atoms with Crippen LogP contribution in [0.1, 0.15) is 32.3 Å². The fourth-order valence-corrected chi connectivity index (χ4v) is 2.53. The second kappa shape index (κ2) is 7.49. The van der Waals surface area contributed by atoms with E-state index in [2.05, 4.69) is 25.8 Å². The monoisotopic (exact) mass is 252 g/mol. The van der Waals surface area contributed by atoms with Crippen molar-refractivity contribution in [3.8, 4) is 0 Å². The quantitative estimate of drug-likeness (QED) is 0.808. The van der Waals surface area contributed by atoms with Crippen LogP contribution in [-0.4, -0.2) is 24.5 Å². The van der Waals surface area contributed by atoms with Crippen LogP contribution in [0.25, 0.3) is 0 Å². The van der Waals surface area contributed by atoms with Crippen molar-refractivity contribution in [1.82, 2.24) is 4.90 Å². The van der Waals surface area contributed by atoms with Gasteiger partial charge in [-0.1, -0.05) is 32.4 Å². The molecule has 18 heavy (non-hydrogen) atoms. The third-order valence-corrected chi connectivity index (χ3v) is 3.53. The summed E-state index contributed by atoms with van der Waals surface area (Å²) in [6, 6.07) is 7.13. The number of benzene rings is 1. The van der Waals surface area contributed by atoms with E-state index in [-0.39, 0.29) is 5.82 Å². The van der Waals surface area contributed by atoms with E-state index in [1.165, 1.54) is 18.9 Å². The Kier molecular flexibility index (Phi) is 6.30. The molecule has 0 radical (unpaired) electrons. The Hall–Kier alpha value is -0.930. The van der Waals surface area contributed by atoms with Crippen LogP contribution in [0, 0.1) is 11.7 Å². The van der Waals surface area contributed by atoms with Gasteiger partial charge in [0, 0.05) is 19.1 Å². The van der Waals surface area contributed by atoms with Crippen LogP contribution in [-0.2, 0) is 6.54 Å². The molecule has 1 aromatic carbocycles. The Bertz CT molecular complexity index is 354. The molecule has 2 unspecified atom stereocenters. The first-order valence-corrected chi connectivity index (χ1v) is 6.73. The predicted octanol–water partition coefficient (Wildman–Crippen LogP) is 3.02. The molecule has 2 atom stereocenters. The Morgan fingerprint density at radius 2 is 2.11 bits per heavy atom. The molecule has 0 aliphatic heterocycles. The Morgan fingerprint density at radius 1 is 1.39 bits per heavy atom. The molecule has 0 heterocycles. The van der Waals surface area contributed by atoms with E-state index in [0.717, 1.165) is 12.1 Å². The summed E-state index contributed by atoms with van der Waals surface area (Å²) in [6.07, 6.45) is 2.35. The maximum Gasteiger partial charge on any atom is 0.123 e. The third-order valence-electron chi connectivity index (χ3n) is 3.53. The molecular weight excluding hydrogens is 227 g/mol. The summed E-state index contributed by atoms with van der Waals surface area (Å²) in [6.45, 7) is 5.82. The van der Waals surface area contributed by atoms with E-state index in [4.69, 9.17) is 5.73 Å². The molecule has 1 aromatic rings. The Balaban J connectivity index is 2.64. The maximum absolute atomic E-state index is 13.1. The van der Waals surface area contributed by atoms with Crippen molar-refractivity contribution in [2.75, 3.05) is 13.6 Å². The molecular formula is C15H25FN2. The maximum atomic E-state index is 13.1. The number of nitrogens with zero attached hydrogens (tertiary/aromatic N) is 1. The Morgan fingerprint density at radius 3 is 2.67 bits per heavy atom. The number of hydrogen-bond acceptors (Lipinski definition) is 2. The van der Waals surface area contributed by atoms with Crippen molar-refractivity contribution < 1.29 is 4.39 Å². The zero-order valence-corrected chi connectivity index (χ0v) is 11.7. The number of halogens is 1. The minimum absolute atomic E-state index is 0.174. The first-order valence-electron chi connectivity index (χ1n) is 6.73. The first kappa shape index (κ1) is 15.1. The zero-order chi connectivity index (χ0) is 13.5. The van der Waals surface area contributed by atoms with Crippen molar-refractivity contribution in [2.45, 2.75) is 39.3 Å². The third kappa shape index (κ3) is 4.39. The van der Waals surface area contributed by atoms with Crippen molar-refractivity contribution in [3.05, 3.63) is 35.6 Å². The lowest BCUT2D eigenvalue weighted by Gasteiger charge is -2.32. The van der Waals surface area contributed by atoms with Gasteiger partial charge in [-0.25, -0.2) is 4.39 Å². The molecule has 0 saturated carbocycles. The smallest absolute Gasteiger partial charge is 0.123 e. The van der Waals surface area contributed by atoms with Crippen molar-refractivity contribution in [3.63, 3.8) is 0 Å². The molecule has 2 N–H and O–H groups in total. The number of likely N-dealkylation sites (N-methyl/N-ethyl adjacent to an activating group) is 1. The molecule has 3 heteroatoms. The van der Waals surface area contributed by atoms with Crippen LogP contribution in [0.5, 0.6) is 0 Å². The van der Waals surface area contributed by atoms with Gasteiger partial charge in [0.25, 0.3) is 0 Å². The summed E-state index contributed by atoms with van der Waals surface area (Å²) in [7, 11) is 2.06. The fourth-order valence-electron chi connectivity index (χ4n) is 2.53. The summed E-state index contributed by atoms with van der Waals surface area (Å²) < 4.78 is 13.1. The minimum Gasteiger partial charge on any atom is -0.329 e. The van der Waals surface area contributed by atoms with Crippen LogP contribution < -0.4 is 5.73 Å². The molecule has 1 rings (SSSR count). The summed E-state index contributed by atoms with van der Waals surface area (Å²) in [4.78, 5) is 2.23. The van der Waals surface area contributed by atoms with Gasteiger partial charge >= 0.3 is 0 Å². The Labute approximate surface area is 110 Å². The molecule has 0 aliphatic carbocycles. The molecule has 0 aliphatic rings. The highest BCUT2D eigenvalue weighted by Crippen LogP contribution is 2.17. The molecule has 0 bridgehead atoms. The number of hydrogen-bond donors (Lipinski definition) is 1. The summed E-state index contributed by atoms with van der Waals surface area (Å²) >= 11 is 0. The summed E-state index contributed by atoms with van der Waals surface area (Å²) in [5.74, 6) is 0.394.